The Bertz CT molecular complexity index is 913. The summed E-state index contributed by atoms with van der Waals surface area (Å²) >= 11 is 0. The van der Waals surface area contributed by atoms with E-state index in [1.807, 2.05) is 12.1 Å². The summed E-state index contributed by atoms with van der Waals surface area (Å²) in [6.07, 6.45) is 5.26. The zero-order chi connectivity index (χ0) is 21.0. The van der Waals surface area contributed by atoms with E-state index < -0.39 is 4.92 Å². The fraction of sp³-hybridized carbons (Fsp3) is 0.500. The minimum Gasteiger partial charge on any atom is -0.493 e. The second-order valence-electron chi connectivity index (χ2n) is 8.67. The fourth-order valence-electron chi connectivity index (χ4n) is 3.66. The van der Waals surface area contributed by atoms with E-state index in [2.05, 4.69) is 37.9 Å². The van der Waals surface area contributed by atoms with Crippen molar-refractivity contribution >= 4 is 5.69 Å². The lowest BCUT2D eigenvalue weighted by molar-refractivity contribution is -0.385. The first-order valence-electron chi connectivity index (χ1n) is 10.1. The number of aromatic nitrogens is 1. The molecule has 0 bridgehead atoms. The van der Waals surface area contributed by atoms with Crippen LogP contribution in [-0.4, -0.2) is 27.5 Å². The molecule has 3 rings (SSSR count). The van der Waals surface area contributed by atoms with Crippen LogP contribution in [0.25, 0.3) is 0 Å². The van der Waals surface area contributed by atoms with Gasteiger partial charge in [0.1, 0.15) is 5.75 Å². The SMILES string of the molecule is CC(C)(C)c1ccc(OC[C@@H]2CCCC[C@H]2N=c2cc([N+](=O)[O-])ccn2O)cc1. The highest BCUT2D eigenvalue weighted by Gasteiger charge is 2.26. The number of benzene rings is 1. The van der Waals surface area contributed by atoms with Gasteiger partial charge >= 0.3 is 0 Å². The highest BCUT2D eigenvalue weighted by molar-refractivity contribution is 5.31. The van der Waals surface area contributed by atoms with Crippen molar-refractivity contribution in [3.8, 4) is 5.75 Å². The molecule has 1 aliphatic carbocycles. The monoisotopic (exact) mass is 399 g/mol. The summed E-state index contributed by atoms with van der Waals surface area (Å²) in [4.78, 5) is 15.2. The van der Waals surface area contributed by atoms with E-state index in [0.29, 0.717) is 6.61 Å². The molecule has 2 aromatic rings. The molecule has 7 nitrogen and oxygen atoms in total. The van der Waals surface area contributed by atoms with Crippen molar-refractivity contribution in [3.05, 3.63) is 63.8 Å². The van der Waals surface area contributed by atoms with E-state index in [-0.39, 0.29) is 28.5 Å². The standard InChI is InChI=1S/C22H29N3O4/c1-22(2,3)17-8-10-19(11-9-17)29-15-16-6-4-5-7-20(16)23-21-14-18(25(27)28)12-13-24(21)26/h8-14,16,20,26H,4-7,15H2,1-3H3/t16-,20+/m0/s1. The number of rotatable bonds is 5. The summed E-state index contributed by atoms with van der Waals surface area (Å²) in [6, 6.07) is 10.7. The first kappa shape index (κ1) is 20.9. The van der Waals surface area contributed by atoms with Gasteiger partial charge in [0.25, 0.3) is 5.69 Å². The molecule has 7 heteroatoms. The average Bonchev–Trinajstić information content (AvgIpc) is 2.68. The van der Waals surface area contributed by atoms with Gasteiger partial charge in [-0.3, -0.25) is 15.1 Å². The quantitative estimate of drug-likeness (QED) is 0.456. The van der Waals surface area contributed by atoms with Crippen molar-refractivity contribution in [1.29, 1.82) is 0 Å². The van der Waals surface area contributed by atoms with E-state index in [1.54, 1.807) is 0 Å². The molecule has 1 heterocycles. The summed E-state index contributed by atoms with van der Waals surface area (Å²) in [5.74, 6) is 1.03. The maximum Gasteiger partial charge on any atom is 0.274 e. The zero-order valence-electron chi connectivity index (χ0n) is 17.2. The lowest BCUT2D eigenvalue weighted by Gasteiger charge is -2.28. The molecule has 1 saturated carbocycles. The van der Waals surface area contributed by atoms with Gasteiger partial charge in [0.05, 0.1) is 29.8 Å². The number of nitro groups is 1. The molecule has 0 radical (unpaired) electrons. The van der Waals surface area contributed by atoms with Crippen molar-refractivity contribution in [3.63, 3.8) is 0 Å². The van der Waals surface area contributed by atoms with Crippen LogP contribution in [0, 0.1) is 16.0 Å². The van der Waals surface area contributed by atoms with Crippen molar-refractivity contribution in [2.75, 3.05) is 6.61 Å². The normalized spacial score (nSPS) is 20.4. The largest absolute Gasteiger partial charge is 0.493 e. The second-order valence-corrected chi connectivity index (χ2v) is 8.67. The third-order valence-electron chi connectivity index (χ3n) is 5.46. The van der Waals surface area contributed by atoms with Gasteiger partial charge in [-0.2, -0.15) is 4.73 Å². The lowest BCUT2D eigenvalue weighted by atomic mass is 9.85. The Morgan fingerprint density at radius 3 is 2.55 bits per heavy atom. The molecule has 2 atom stereocenters. The maximum atomic E-state index is 11.0. The van der Waals surface area contributed by atoms with Crippen LogP contribution < -0.4 is 10.2 Å². The van der Waals surface area contributed by atoms with Gasteiger partial charge in [-0.25, -0.2) is 0 Å². The van der Waals surface area contributed by atoms with Gasteiger partial charge in [0, 0.05) is 12.0 Å². The Balaban J connectivity index is 1.74. The molecule has 1 aliphatic rings. The van der Waals surface area contributed by atoms with E-state index in [4.69, 9.17) is 4.74 Å². The van der Waals surface area contributed by atoms with Crippen LogP contribution in [0.5, 0.6) is 5.75 Å². The minimum absolute atomic E-state index is 0.0435. The highest BCUT2D eigenvalue weighted by atomic mass is 16.6. The van der Waals surface area contributed by atoms with Crippen LogP contribution in [0.3, 0.4) is 0 Å². The third-order valence-corrected chi connectivity index (χ3v) is 5.46. The first-order valence-corrected chi connectivity index (χ1v) is 10.1. The predicted octanol–water partition coefficient (Wildman–Crippen LogP) is 4.47. The Kier molecular flexibility index (Phi) is 6.25. The number of hydrogen-bond donors (Lipinski definition) is 1. The van der Waals surface area contributed by atoms with E-state index in [9.17, 15) is 15.3 Å². The number of ether oxygens (including phenoxy) is 1. The number of pyridine rings is 1. The Hall–Kier alpha value is -2.83. The minimum atomic E-state index is -0.484. The molecule has 0 spiro atoms. The molecular weight excluding hydrogens is 370 g/mol. The van der Waals surface area contributed by atoms with Crippen molar-refractivity contribution < 1.29 is 14.9 Å². The smallest absolute Gasteiger partial charge is 0.274 e. The molecular formula is C22H29N3O4. The average molecular weight is 399 g/mol. The van der Waals surface area contributed by atoms with Crippen molar-refractivity contribution in [2.24, 2.45) is 10.9 Å². The lowest BCUT2D eigenvalue weighted by Crippen LogP contribution is -2.32. The van der Waals surface area contributed by atoms with Gasteiger partial charge in [0.15, 0.2) is 5.49 Å². The van der Waals surface area contributed by atoms with Gasteiger partial charge in [-0.1, -0.05) is 45.7 Å². The third kappa shape index (κ3) is 5.37. The van der Waals surface area contributed by atoms with Gasteiger partial charge < -0.3 is 9.94 Å². The number of nitrogens with zero attached hydrogens (tertiary/aromatic N) is 3. The van der Waals surface area contributed by atoms with Crippen LogP contribution in [-0.2, 0) is 5.41 Å². The summed E-state index contributed by atoms with van der Waals surface area (Å²) in [5.41, 5.74) is 1.47. The van der Waals surface area contributed by atoms with Crippen LogP contribution in [0.4, 0.5) is 5.69 Å². The molecule has 0 unspecified atom stereocenters. The molecule has 156 valence electrons. The van der Waals surface area contributed by atoms with E-state index >= 15 is 0 Å². The molecule has 1 N–H and O–H groups in total. The molecule has 0 amide bonds. The molecule has 29 heavy (non-hydrogen) atoms. The summed E-state index contributed by atoms with van der Waals surface area (Å²) in [5, 5.41) is 21.0. The molecule has 0 saturated heterocycles. The Morgan fingerprint density at radius 2 is 1.90 bits per heavy atom. The Morgan fingerprint density at radius 1 is 1.21 bits per heavy atom. The van der Waals surface area contributed by atoms with E-state index in [1.165, 1.54) is 23.9 Å². The zero-order valence-corrected chi connectivity index (χ0v) is 17.2. The Labute approximate surface area is 170 Å². The van der Waals surface area contributed by atoms with Crippen LogP contribution in [0.2, 0.25) is 0 Å². The predicted molar refractivity (Wildman–Crippen MR) is 110 cm³/mol. The van der Waals surface area contributed by atoms with Gasteiger partial charge in [-0.05, 0) is 36.0 Å². The second kappa shape index (κ2) is 8.68. The van der Waals surface area contributed by atoms with Crippen LogP contribution in [0.15, 0.2) is 47.6 Å². The summed E-state index contributed by atoms with van der Waals surface area (Å²) < 4.78 is 6.87. The van der Waals surface area contributed by atoms with E-state index in [0.717, 1.165) is 36.2 Å². The first-order chi connectivity index (χ1) is 13.7. The van der Waals surface area contributed by atoms with Gasteiger partial charge in [0.2, 0.25) is 0 Å². The highest BCUT2D eigenvalue weighted by Crippen LogP contribution is 2.29. The van der Waals surface area contributed by atoms with Crippen LogP contribution in [0.1, 0.15) is 52.0 Å². The topological polar surface area (TPSA) is 89.9 Å². The van der Waals surface area contributed by atoms with Crippen molar-refractivity contribution in [2.45, 2.75) is 57.9 Å². The molecule has 1 fully saturated rings. The fourth-order valence-corrected chi connectivity index (χ4v) is 3.66. The van der Waals surface area contributed by atoms with Crippen LogP contribution >= 0.6 is 0 Å². The molecule has 1 aromatic carbocycles. The maximum absolute atomic E-state index is 11.0. The summed E-state index contributed by atoms with van der Waals surface area (Å²) in [6.45, 7) is 7.07. The number of hydrogen-bond acceptors (Lipinski definition) is 5. The molecule has 1 aromatic heterocycles. The van der Waals surface area contributed by atoms with Crippen molar-refractivity contribution in [1.82, 2.24) is 4.73 Å². The van der Waals surface area contributed by atoms with Gasteiger partial charge in [-0.15, -0.1) is 0 Å². The summed E-state index contributed by atoms with van der Waals surface area (Å²) in [7, 11) is 0. The molecule has 0 aliphatic heterocycles.